The quantitative estimate of drug-likeness (QED) is 0.735. The Morgan fingerprint density at radius 3 is 1.67 bits per heavy atom. The molecule has 0 spiro atoms. The maximum Gasteiger partial charge on any atom is 0.303 e. The summed E-state index contributed by atoms with van der Waals surface area (Å²) in [5.41, 5.74) is 0. The topological polar surface area (TPSA) is 63.6 Å². The summed E-state index contributed by atoms with van der Waals surface area (Å²) in [5.74, 6) is -0.190. The Kier molecular flexibility index (Phi) is 10.4. The van der Waals surface area contributed by atoms with Crippen LogP contribution in [0.25, 0.3) is 0 Å². The number of aliphatic carboxylic acids is 1. The number of ether oxygens (including phenoxy) is 1. The number of esters is 1. The average Bonchev–Trinajstić information content (AvgIpc) is 1.99. The minimum absolute atomic E-state index is 0.196. The van der Waals surface area contributed by atoms with Crippen LogP contribution in [-0.2, 0) is 14.3 Å². The molecule has 90 valence electrons. The highest BCUT2D eigenvalue weighted by atomic mass is 16.5. The van der Waals surface area contributed by atoms with Crippen molar-refractivity contribution in [2.24, 2.45) is 11.8 Å². The first-order valence-corrected chi connectivity index (χ1v) is 5.10. The molecule has 0 radical (unpaired) electrons. The van der Waals surface area contributed by atoms with E-state index in [1.807, 2.05) is 27.7 Å². The third-order valence-electron chi connectivity index (χ3n) is 1.20. The number of carbonyl (C=O) groups excluding carboxylic acids is 1. The Bertz CT molecular complexity index is 185. The van der Waals surface area contributed by atoms with Crippen LogP contribution in [0.5, 0.6) is 0 Å². The minimum Gasteiger partial charge on any atom is -0.481 e. The number of carboxylic acids is 1. The second-order valence-corrected chi connectivity index (χ2v) is 4.19. The standard InChI is InChI=1S/C6H12O2.C5H10O2/c1-5(2)4-8-6(3)7;1-4(2)3-5(6)7/h5H,4H2,1-3H3;4H,3H2,1-2H3,(H,6,7). The lowest BCUT2D eigenvalue weighted by Crippen LogP contribution is -2.05. The largest absolute Gasteiger partial charge is 0.481 e. The lowest BCUT2D eigenvalue weighted by Gasteiger charge is -2.02. The summed E-state index contributed by atoms with van der Waals surface area (Å²) in [6.07, 6.45) is 0.278. The van der Waals surface area contributed by atoms with Gasteiger partial charge in [-0.3, -0.25) is 9.59 Å². The van der Waals surface area contributed by atoms with Crippen LogP contribution >= 0.6 is 0 Å². The maximum absolute atomic E-state index is 10.1. The van der Waals surface area contributed by atoms with Gasteiger partial charge in [0.25, 0.3) is 0 Å². The van der Waals surface area contributed by atoms with Gasteiger partial charge in [0.1, 0.15) is 0 Å². The van der Waals surface area contributed by atoms with Crippen LogP contribution in [0, 0.1) is 11.8 Å². The molecule has 0 amide bonds. The van der Waals surface area contributed by atoms with Crippen molar-refractivity contribution < 1.29 is 19.4 Å². The van der Waals surface area contributed by atoms with E-state index in [4.69, 9.17) is 5.11 Å². The van der Waals surface area contributed by atoms with Gasteiger partial charge < -0.3 is 9.84 Å². The van der Waals surface area contributed by atoms with Crippen molar-refractivity contribution in [2.45, 2.75) is 41.0 Å². The highest BCUT2D eigenvalue weighted by Crippen LogP contribution is 1.96. The Morgan fingerprint density at radius 1 is 1.13 bits per heavy atom. The molecule has 0 saturated carbocycles. The van der Waals surface area contributed by atoms with Gasteiger partial charge in [-0.1, -0.05) is 27.7 Å². The van der Waals surface area contributed by atoms with Crippen molar-refractivity contribution in [1.82, 2.24) is 0 Å². The smallest absolute Gasteiger partial charge is 0.303 e. The fourth-order valence-corrected chi connectivity index (χ4v) is 0.633. The SMILES string of the molecule is CC(=O)OCC(C)C.CC(C)CC(=O)O. The Hall–Kier alpha value is -1.06. The Balaban J connectivity index is 0. The molecule has 0 saturated heterocycles. The van der Waals surface area contributed by atoms with Gasteiger partial charge in [0.2, 0.25) is 0 Å². The van der Waals surface area contributed by atoms with Gasteiger partial charge >= 0.3 is 11.9 Å². The van der Waals surface area contributed by atoms with Gasteiger partial charge in [-0.2, -0.15) is 0 Å². The Morgan fingerprint density at radius 2 is 1.60 bits per heavy atom. The van der Waals surface area contributed by atoms with Gasteiger partial charge in [-0.05, 0) is 11.8 Å². The van der Waals surface area contributed by atoms with Crippen molar-refractivity contribution in [3.8, 4) is 0 Å². The highest BCUT2D eigenvalue weighted by Gasteiger charge is 1.98. The normalized spacial score (nSPS) is 9.53. The van der Waals surface area contributed by atoms with E-state index in [2.05, 4.69) is 4.74 Å². The van der Waals surface area contributed by atoms with Crippen LogP contribution in [0.3, 0.4) is 0 Å². The molecule has 0 atom stereocenters. The molecule has 0 aromatic carbocycles. The summed E-state index contributed by atoms with van der Waals surface area (Å²) in [7, 11) is 0. The summed E-state index contributed by atoms with van der Waals surface area (Å²) in [4.78, 5) is 19.9. The van der Waals surface area contributed by atoms with Crippen LogP contribution < -0.4 is 0 Å². The predicted octanol–water partition coefficient (Wildman–Crippen LogP) is 2.32. The molecule has 4 nitrogen and oxygen atoms in total. The summed E-state index contributed by atoms with van der Waals surface area (Å²) < 4.78 is 4.66. The lowest BCUT2D eigenvalue weighted by atomic mass is 10.1. The van der Waals surface area contributed by atoms with E-state index in [1.54, 1.807) is 0 Å². The summed E-state index contributed by atoms with van der Waals surface area (Å²) >= 11 is 0. The van der Waals surface area contributed by atoms with Crippen molar-refractivity contribution in [3.05, 3.63) is 0 Å². The number of carbonyl (C=O) groups is 2. The van der Waals surface area contributed by atoms with Crippen LogP contribution in [-0.4, -0.2) is 23.7 Å². The number of hydrogen-bond donors (Lipinski definition) is 1. The fraction of sp³-hybridized carbons (Fsp3) is 0.818. The van der Waals surface area contributed by atoms with Crippen molar-refractivity contribution in [2.75, 3.05) is 6.61 Å². The molecule has 0 bridgehead atoms. The van der Waals surface area contributed by atoms with Crippen LogP contribution in [0.15, 0.2) is 0 Å². The molecule has 0 heterocycles. The van der Waals surface area contributed by atoms with Crippen LogP contribution in [0.1, 0.15) is 41.0 Å². The first-order chi connectivity index (χ1) is 6.75. The van der Waals surface area contributed by atoms with E-state index >= 15 is 0 Å². The van der Waals surface area contributed by atoms with E-state index in [-0.39, 0.29) is 18.3 Å². The molecule has 0 aromatic rings. The molecule has 1 N–H and O–H groups in total. The van der Waals surface area contributed by atoms with E-state index in [1.165, 1.54) is 6.92 Å². The lowest BCUT2D eigenvalue weighted by molar-refractivity contribution is -0.142. The third-order valence-corrected chi connectivity index (χ3v) is 1.20. The molecule has 0 aliphatic carbocycles. The van der Waals surface area contributed by atoms with E-state index in [0.29, 0.717) is 12.5 Å². The zero-order valence-electron chi connectivity index (χ0n) is 10.2. The van der Waals surface area contributed by atoms with Crippen LogP contribution in [0.4, 0.5) is 0 Å². The van der Waals surface area contributed by atoms with Crippen LogP contribution in [0.2, 0.25) is 0 Å². The molecule has 0 aromatic heterocycles. The van der Waals surface area contributed by atoms with Gasteiger partial charge in [-0.25, -0.2) is 0 Å². The van der Waals surface area contributed by atoms with Crippen molar-refractivity contribution in [3.63, 3.8) is 0 Å². The monoisotopic (exact) mass is 218 g/mol. The zero-order chi connectivity index (χ0) is 12.4. The molecular formula is C11H22O4. The van der Waals surface area contributed by atoms with Gasteiger partial charge in [0.15, 0.2) is 0 Å². The molecule has 0 rings (SSSR count). The highest BCUT2D eigenvalue weighted by molar-refractivity contribution is 5.66. The minimum atomic E-state index is -0.713. The van der Waals surface area contributed by atoms with Gasteiger partial charge in [0.05, 0.1) is 6.61 Å². The van der Waals surface area contributed by atoms with Crippen molar-refractivity contribution in [1.29, 1.82) is 0 Å². The fourth-order valence-electron chi connectivity index (χ4n) is 0.633. The molecule has 15 heavy (non-hydrogen) atoms. The molecule has 4 heteroatoms. The van der Waals surface area contributed by atoms with Crippen molar-refractivity contribution >= 4 is 11.9 Å². The first kappa shape index (κ1) is 16.4. The van der Waals surface area contributed by atoms with Gasteiger partial charge in [0, 0.05) is 13.3 Å². The number of rotatable bonds is 4. The second kappa shape index (κ2) is 9.49. The average molecular weight is 218 g/mol. The van der Waals surface area contributed by atoms with Gasteiger partial charge in [-0.15, -0.1) is 0 Å². The van der Waals surface area contributed by atoms with E-state index in [9.17, 15) is 9.59 Å². The number of carboxylic acid groups (broad SMARTS) is 1. The van der Waals surface area contributed by atoms with E-state index < -0.39 is 5.97 Å². The molecular weight excluding hydrogens is 196 g/mol. The Labute approximate surface area is 91.6 Å². The molecule has 0 aliphatic heterocycles. The molecule has 0 fully saturated rings. The maximum atomic E-state index is 10.1. The molecule has 0 aliphatic rings. The second-order valence-electron chi connectivity index (χ2n) is 4.19. The predicted molar refractivity (Wildman–Crippen MR) is 58.6 cm³/mol. The molecule has 0 unspecified atom stereocenters. The first-order valence-electron chi connectivity index (χ1n) is 5.10. The number of hydrogen-bond acceptors (Lipinski definition) is 3. The summed E-state index contributed by atoms with van der Waals surface area (Å²) in [6, 6.07) is 0. The summed E-state index contributed by atoms with van der Waals surface area (Å²) in [6.45, 7) is 9.73. The third kappa shape index (κ3) is 24.6. The summed E-state index contributed by atoms with van der Waals surface area (Å²) in [5, 5.41) is 8.08. The zero-order valence-corrected chi connectivity index (χ0v) is 10.2. The van der Waals surface area contributed by atoms with E-state index in [0.717, 1.165) is 0 Å².